The van der Waals surface area contributed by atoms with Gasteiger partial charge in [-0.1, -0.05) is 12.1 Å². The van der Waals surface area contributed by atoms with E-state index in [1.165, 1.54) is 0 Å². The number of carbonyl (C=O) groups excluding carboxylic acids is 1. The van der Waals surface area contributed by atoms with Gasteiger partial charge in [-0.3, -0.25) is 4.79 Å². The molecular weight excluding hydrogens is 228 g/mol. The van der Waals surface area contributed by atoms with E-state index in [-0.39, 0.29) is 18.6 Å². The predicted octanol–water partition coefficient (Wildman–Crippen LogP) is 2.16. The lowest BCUT2D eigenvalue weighted by Gasteiger charge is -2.15. The summed E-state index contributed by atoms with van der Waals surface area (Å²) in [7, 11) is 0. The number of para-hydroxylation sites is 2. The zero-order valence-electron chi connectivity index (χ0n) is 10.9. The van der Waals surface area contributed by atoms with Crippen molar-refractivity contribution in [2.45, 2.75) is 38.8 Å². The SMILES string of the molecule is CC(C)Oc1ccccc1NCC(=O)NC1CC1. The van der Waals surface area contributed by atoms with E-state index >= 15 is 0 Å². The van der Waals surface area contributed by atoms with Gasteiger partial charge in [0.1, 0.15) is 5.75 Å². The second-order valence-electron chi connectivity index (χ2n) is 4.86. The van der Waals surface area contributed by atoms with Crippen molar-refractivity contribution >= 4 is 11.6 Å². The molecule has 1 aromatic carbocycles. The van der Waals surface area contributed by atoms with Crippen LogP contribution in [0.2, 0.25) is 0 Å². The van der Waals surface area contributed by atoms with Crippen LogP contribution >= 0.6 is 0 Å². The monoisotopic (exact) mass is 248 g/mol. The zero-order chi connectivity index (χ0) is 13.0. The third-order valence-electron chi connectivity index (χ3n) is 2.63. The van der Waals surface area contributed by atoms with Crippen molar-refractivity contribution in [2.24, 2.45) is 0 Å². The van der Waals surface area contributed by atoms with Crippen LogP contribution in [-0.2, 0) is 4.79 Å². The highest BCUT2D eigenvalue weighted by molar-refractivity contribution is 5.81. The Balaban J connectivity index is 1.88. The van der Waals surface area contributed by atoms with Gasteiger partial charge in [0.05, 0.1) is 18.3 Å². The molecule has 98 valence electrons. The summed E-state index contributed by atoms with van der Waals surface area (Å²) >= 11 is 0. The predicted molar refractivity (Wildman–Crippen MR) is 71.9 cm³/mol. The lowest BCUT2D eigenvalue weighted by atomic mass is 10.3. The molecule has 0 radical (unpaired) electrons. The molecule has 1 amide bonds. The smallest absolute Gasteiger partial charge is 0.239 e. The maximum absolute atomic E-state index is 11.6. The summed E-state index contributed by atoms with van der Waals surface area (Å²) in [5, 5.41) is 6.06. The third-order valence-corrected chi connectivity index (χ3v) is 2.63. The van der Waals surface area contributed by atoms with Crippen molar-refractivity contribution in [3.63, 3.8) is 0 Å². The van der Waals surface area contributed by atoms with Gasteiger partial charge in [-0.05, 0) is 38.8 Å². The Morgan fingerprint density at radius 3 is 2.78 bits per heavy atom. The number of benzene rings is 1. The van der Waals surface area contributed by atoms with E-state index in [2.05, 4.69) is 10.6 Å². The van der Waals surface area contributed by atoms with E-state index in [1.807, 2.05) is 38.1 Å². The first-order chi connectivity index (χ1) is 8.65. The Morgan fingerprint density at radius 2 is 2.11 bits per heavy atom. The number of ether oxygens (including phenoxy) is 1. The number of anilines is 1. The summed E-state index contributed by atoms with van der Waals surface area (Å²) in [4.78, 5) is 11.6. The first-order valence-electron chi connectivity index (χ1n) is 6.44. The molecule has 0 bridgehead atoms. The van der Waals surface area contributed by atoms with Crippen LogP contribution in [0.4, 0.5) is 5.69 Å². The van der Waals surface area contributed by atoms with Crippen LogP contribution in [0.5, 0.6) is 5.75 Å². The fourth-order valence-corrected chi connectivity index (χ4v) is 1.65. The summed E-state index contributed by atoms with van der Waals surface area (Å²) in [5.74, 6) is 0.823. The Morgan fingerprint density at radius 1 is 1.39 bits per heavy atom. The number of hydrogen-bond acceptors (Lipinski definition) is 3. The standard InChI is InChI=1S/C14H20N2O2/c1-10(2)18-13-6-4-3-5-12(13)15-9-14(17)16-11-7-8-11/h3-6,10-11,15H,7-9H2,1-2H3,(H,16,17). The molecule has 1 aliphatic rings. The molecule has 4 heteroatoms. The number of carbonyl (C=O) groups is 1. The minimum Gasteiger partial charge on any atom is -0.489 e. The Bertz CT molecular complexity index is 414. The first kappa shape index (κ1) is 12.7. The molecule has 0 atom stereocenters. The van der Waals surface area contributed by atoms with Crippen LogP contribution in [0.3, 0.4) is 0 Å². The van der Waals surface area contributed by atoms with Gasteiger partial charge in [-0.15, -0.1) is 0 Å². The maximum Gasteiger partial charge on any atom is 0.239 e. The molecule has 4 nitrogen and oxygen atoms in total. The molecule has 0 aromatic heterocycles. The maximum atomic E-state index is 11.6. The molecule has 0 unspecified atom stereocenters. The molecule has 1 aliphatic carbocycles. The van der Waals surface area contributed by atoms with E-state index in [4.69, 9.17) is 4.74 Å². The van der Waals surface area contributed by atoms with Gasteiger partial charge >= 0.3 is 0 Å². The van der Waals surface area contributed by atoms with Gasteiger partial charge in [-0.25, -0.2) is 0 Å². The first-order valence-corrected chi connectivity index (χ1v) is 6.44. The van der Waals surface area contributed by atoms with Crippen molar-refractivity contribution in [1.82, 2.24) is 5.32 Å². The molecule has 1 aromatic rings. The molecule has 1 fully saturated rings. The summed E-state index contributed by atoms with van der Waals surface area (Å²) in [6.07, 6.45) is 2.34. The number of nitrogens with one attached hydrogen (secondary N) is 2. The highest BCUT2D eigenvalue weighted by atomic mass is 16.5. The summed E-state index contributed by atoms with van der Waals surface area (Å²) in [5.41, 5.74) is 0.858. The van der Waals surface area contributed by atoms with Crippen LogP contribution in [0, 0.1) is 0 Å². The van der Waals surface area contributed by atoms with Crippen molar-refractivity contribution in [3.8, 4) is 5.75 Å². The van der Waals surface area contributed by atoms with E-state index < -0.39 is 0 Å². The van der Waals surface area contributed by atoms with Crippen LogP contribution in [0.1, 0.15) is 26.7 Å². The van der Waals surface area contributed by atoms with Gasteiger partial charge < -0.3 is 15.4 Å². The van der Waals surface area contributed by atoms with E-state index in [9.17, 15) is 4.79 Å². The Labute approximate surface area is 108 Å². The summed E-state index contributed by atoms with van der Waals surface area (Å²) in [6, 6.07) is 8.08. The normalized spacial score (nSPS) is 14.4. The molecule has 1 saturated carbocycles. The van der Waals surface area contributed by atoms with Crippen molar-refractivity contribution < 1.29 is 9.53 Å². The third kappa shape index (κ3) is 3.95. The van der Waals surface area contributed by atoms with E-state index in [1.54, 1.807) is 0 Å². The van der Waals surface area contributed by atoms with Crippen LogP contribution < -0.4 is 15.4 Å². The number of amides is 1. The Kier molecular flexibility index (Phi) is 4.07. The van der Waals surface area contributed by atoms with Crippen LogP contribution in [0.15, 0.2) is 24.3 Å². The minimum atomic E-state index is 0.0388. The highest BCUT2D eigenvalue weighted by Gasteiger charge is 2.22. The fraction of sp³-hybridized carbons (Fsp3) is 0.500. The zero-order valence-corrected chi connectivity index (χ0v) is 10.9. The number of rotatable bonds is 6. The topological polar surface area (TPSA) is 50.4 Å². The van der Waals surface area contributed by atoms with Gasteiger partial charge in [-0.2, -0.15) is 0 Å². The summed E-state index contributed by atoms with van der Waals surface area (Å²) in [6.45, 7) is 4.25. The lowest BCUT2D eigenvalue weighted by molar-refractivity contribution is -0.119. The molecule has 0 spiro atoms. The van der Waals surface area contributed by atoms with Crippen LogP contribution in [-0.4, -0.2) is 24.6 Å². The number of hydrogen-bond donors (Lipinski definition) is 2. The van der Waals surface area contributed by atoms with Gasteiger partial charge in [0, 0.05) is 6.04 Å². The molecule has 0 aliphatic heterocycles. The van der Waals surface area contributed by atoms with Crippen molar-refractivity contribution in [2.75, 3.05) is 11.9 Å². The van der Waals surface area contributed by atoms with Crippen LogP contribution in [0.25, 0.3) is 0 Å². The van der Waals surface area contributed by atoms with Gasteiger partial charge in [0.15, 0.2) is 0 Å². The second-order valence-corrected chi connectivity index (χ2v) is 4.86. The molecule has 0 saturated heterocycles. The molecular formula is C14H20N2O2. The minimum absolute atomic E-state index is 0.0388. The van der Waals surface area contributed by atoms with E-state index in [0.717, 1.165) is 24.3 Å². The summed E-state index contributed by atoms with van der Waals surface area (Å²) < 4.78 is 5.68. The molecule has 18 heavy (non-hydrogen) atoms. The largest absolute Gasteiger partial charge is 0.489 e. The second kappa shape index (κ2) is 5.76. The average molecular weight is 248 g/mol. The Hall–Kier alpha value is -1.71. The lowest BCUT2D eigenvalue weighted by Crippen LogP contribution is -2.31. The highest BCUT2D eigenvalue weighted by Crippen LogP contribution is 2.24. The van der Waals surface area contributed by atoms with Gasteiger partial charge in [0.25, 0.3) is 0 Å². The van der Waals surface area contributed by atoms with Gasteiger partial charge in [0.2, 0.25) is 5.91 Å². The van der Waals surface area contributed by atoms with Crippen molar-refractivity contribution in [1.29, 1.82) is 0 Å². The fourth-order valence-electron chi connectivity index (χ4n) is 1.65. The van der Waals surface area contributed by atoms with Crippen molar-refractivity contribution in [3.05, 3.63) is 24.3 Å². The average Bonchev–Trinajstić information content (AvgIpc) is 3.11. The molecule has 2 N–H and O–H groups in total. The molecule has 0 heterocycles. The molecule has 2 rings (SSSR count). The van der Waals surface area contributed by atoms with E-state index in [0.29, 0.717) is 6.04 Å². The quantitative estimate of drug-likeness (QED) is 0.811.